The molecule has 1 atom stereocenters. The normalized spacial score (nSPS) is 11.7. The van der Waals surface area contributed by atoms with Gasteiger partial charge in [-0.05, 0) is 43.3 Å². The second-order valence-electron chi connectivity index (χ2n) is 7.66. The number of hydrogen-bond acceptors (Lipinski definition) is 7. The third kappa shape index (κ3) is 5.86. The molecule has 0 fully saturated rings. The van der Waals surface area contributed by atoms with Crippen LogP contribution in [0.5, 0.6) is 0 Å². The molecule has 180 valence electrons. The average Bonchev–Trinajstić information content (AvgIpc) is 3.33. The summed E-state index contributed by atoms with van der Waals surface area (Å²) in [7, 11) is 0. The molecule has 10 nitrogen and oxygen atoms in total. The van der Waals surface area contributed by atoms with Crippen LogP contribution in [0.1, 0.15) is 12.5 Å². The largest absolute Gasteiger partial charge is 0.449 e. The first-order valence-corrected chi connectivity index (χ1v) is 10.9. The van der Waals surface area contributed by atoms with Gasteiger partial charge in [-0.1, -0.05) is 24.3 Å². The number of nitrogens with one attached hydrogen (secondary N) is 1. The van der Waals surface area contributed by atoms with Gasteiger partial charge in [0, 0.05) is 53.6 Å². The van der Waals surface area contributed by atoms with Crippen molar-refractivity contribution in [2.75, 3.05) is 5.32 Å². The molecule has 0 saturated heterocycles. The standard InChI is InChI=1S/C26H21N5O5/c1-18(26(33)28-21-8-5-11-23(15-21)31(34)35)36-24(32)13-12-20-17-30(22-9-3-2-4-10-22)29-25(20)19-7-6-14-27-16-19/h2-18H,1H3,(H,28,33)/b13-12+/t18-/m0/s1. The highest BCUT2D eigenvalue weighted by molar-refractivity contribution is 5.97. The summed E-state index contributed by atoms with van der Waals surface area (Å²) in [6.45, 7) is 1.41. The van der Waals surface area contributed by atoms with E-state index in [1.807, 2.05) is 36.4 Å². The smallest absolute Gasteiger partial charge is 0.331 e. The molecule has 2 heterocycles. The quantitative estimate of drug-likeness (QED) is 0.170. The molecule has 10 heteroatoms. The maximum Gasteiger partial charge on any atom is 0.331 e. The topological polar surface area (TPSA) is 129 Å². The first-order valence-electron chi connectivity index (χ1n) is 10.9. The van der Waals surface area contributed by atoms with Crippen LogP contribution in [0, 0.1) is 10.1 Å². The van der Waals surface area contributed by atoms with Gasteiger partial charge in [0.25, 0.3) is 11.6 Å². The fourth-order valence-corrected chi connectivity index (χ4v) is 3.32. The van der Waals surface area contributed by atoms with Gasteiger partial charge in [0.1, 0.15) is 5.69 Å². The maximum atomic E-state index is 12.4. The van der Waals surface area contributed by atoms with E-state index < -0.39 is 22.9 Å². The van der Waals surface area contributed by atoms with Crippen LogP contribution in [0.4, 0.5) is 11.4 Å². The van der Waals surface area contributed by atoms with E-state index in [4.69, 9.17) is 4.74 Å². The molecule has 2 aromatic heterocycles. The predicted octanol–water partition coefficient (Wildman–Crippen LogP) is 4.43. The van der Waals surface area contributed by atoms with Crippen LogP contribution >= 0.6 is 0 Å². The van der Waals surface area contributed by atoms with E-state index in [2.05, 4.69) is 15.4 Å². The van der Waals surface area contributed by atoms with Crippen molar-refractivity contribution in [3.8, 4) is 16.9 Å². The Kier molecular flexibility index (Phi) is 7.25. The van der Waals surface area contributed by atoms with Crippen molar-refractivity contribution in [1.29, 1.82) is 0 Å². The fraction of sp³-hybridized carbons (Fsp3) is 0.0769. The lowest BCUT2D eigenvalue weighted by molar-refractivity contribution is -0.384. The Balaban J connectivity index is 1.47. The Hall–Kier alpha value is -5.12. The molecule has 0 radical (unpaired) electrons. The lowest BCUT2D eigenvalue weighted by atomic mass is 10.1. The first kappa shape index (κ1) is 24.0. The minimum Gasteiger partial charge on any atom is -0.449 e. The highest BCUT2D eigenvalue weighted by Crippen LogP contribution is 2.24. The van der Waals surface area contributed by atoms with Crippen LogP contribution in [0.2, 0.25) is 0 Å². The lowest BCUT2D eigenvalue weighted by Gasteiger charge is -2.12. The third-order valence-electron chi connectivity index (χ3n) is 5.08. The summed E-state index contributed by atoms with van der Waals surface area (Å²) in [5.74, 6) is -1.36. The zero-order valence-electron chi connectivity index (χ0n) is 19.1. The average molecular weight is 483 g/mol. The van der Waals surface area contributed by atoms with E-state index in [1.54, 1.807) is 35.4 Å². The van der Waals surface area contributed by atoms with Crippen LogP contribution in [0.15, 0.2) is 91.4 Å². The van der Waals surface area contributed by atoms with Gasteiger partial charge in [-0.3, -0.25) is 19.9 Å². The van der Waals surface area contributed by atoms with Crippen molar-refractivity contribution in [3.05, 3.63) is 107 Å². The maximum absolute atomic E-state index is 12.4. The van der Waals surface area contributed by atoms with Gasteiger partial charge in [-0.15, -0.1) is 0 Å². The van der Waals surface area contributed by atoms with Gasteiger partial charge >= 0.3 is 5.97 Å². The van der Waals surface area contributed by atoms with Crippen molar-refractivity contribution >= 4 is 29.3 Å². The summed E-state index contributed by atoms with van der Waals surface area (Å²) in [6.07, 6.45) is 6.75. The molecule has 0 bridgehead atoms. The van der Waals surface area contributed by atoms with Gasteiger partial charge in [-0.25, -0.2) is 9.48 Å². The summed E-state index contributed by atoms with van der Waals surface area (Å²) in [6, 6.07) is 18.6. The number of pyridine rings is 1. The molecule has 0 aliphatic rings. The molecular formula is C26H21N5O5. The number of non-ortho nitro benzene ring substituents is 1. The molecule has 0 aliphatic heterocycles. The zero-order chi connectivity index (χ0) is 25.5. The molecule has 0 aliphatic carbocycles. The Morgan fingerprint density at radius 1 is 1.11 bits per heavy atom. The van der Waals surface area contributed by atoms with Crippen molar-refractivity contribution in [2.45, 2.75) is 13.0 Å². The molecule has 36 heavy (non-hydrogen) atoms. The van der Waals surface area contributed by atoms with E-state index in [0.717, 1.165) is 11.3 Å². The number of nitro groups is 1. The Bertz CT molecular complexity index is 1420. The number of para-hydroxylation sites is 1. The number of anilines is 1. The summed E-state index contributed by atoms with van der Waals surface area (Å²) in [5, 5.41) is 18.1. The number of aromatic nitrogens is 3. The SMILES string of the molecule is C[C@H](OC(=O)/C=C/c1cn(-c2ccccc2)nc1-c1cccnc1)C(=O)Nc1cccc([N+](=O)[O-])c1. The number of hydrogen-bond donors (Lipinski definition) is 1. The lowest BCUT2D eigenvalue weighted by Crippen LogP contribution is -2.29. The van der Waals surface area contributed by atoms with E-state index >= 15 is 0 Å². The number of amides is 1. The molecule has 1 amide bonds. The van der Waals surface area contributed by atoms with E-state index in [-0.39, 0.29) is 11.4 Å². The van der Waals surface area contributed by atoms with Gasteiger partial charge in [-0.2, -0.15) is 5.10 Å². The molecule has 1 N–H and O–H groups in total. The van der Waals surface area contributed by atoms with Gasteiger partial charge in [0.05, 0.1) is 10.6 Å². The molecule has 4 aromatic rings. The fourth-order valence-electron chi connectivity index (χ4n) is 3.32. The number of benzene rings is 2. The van der Waals surface area contributed by atoms with Crippen molar-refractivity contribution < 1.29 is 19.2 Å². The van der Waals surface area contributed by atoms with Gasteiger partial charge in [0.15, 0.2) is 6.10 Å². The summed E-state index contributed by atoms with van der Waals surface area (Å²) < 4.78 is 6.91. The van der Waals surface area contributed by atoms with E-state index in [0.29, 0.717) is 11.3 Å². The third-order valence-corrected chi connectivity index (χ3v) is 5.08. The molecule has 0 saturated carbocycles. The van der Waals surface area contributed by atoms with Crippen molar-refractivity contribution in [2.24, 2.45) is 0 Å². The number of esters is 1. The van der Waals surface area contributed by atoms with Crippen LogP contribution < -0.4 is 5.32 Å². The van der Waals surface area contributed by atoms with Crippen LogP contribution in [0.3, 0.4) is 0 Å². The summed E-state index contributed by atoms with van der Waals surface area (Å²) in [4.78, 5) is 39.3. The van der Waals surface area contributed by atoms with Gasteiger partial charge in [0.2, 0.25) is 0 Å². The monoisotopic (exact) mass is 483 g/mol. The van der Waals surface area contributed by atoms with Gasteiger partial charge < -0.3 is 10.1 Å². The number of carbonyl (C=O) groups is 2. The minimum absolute atomic E-state index is 0.166. The Morgan fingerprint density at radius 2 is 1.92 bits per heavy atom. The van der Waals surface area contributed by atoms with E-state index in [1.165, 1.54) is 37.3 Å². The summed E-state index contributed by atoms with van der Waals surface area (Å²) >= 11 is 0. The Morgan fingerprint density at radius 3 is 2.64 bits per heavy atom. The number of nitrogens with zero attached hydrogens (tertiary/aromatic N) is 4. The van der Waals surface area contributed by atoms with Crippen LogP contribution in [0.25, 0.3) is 23.0 Å². The number of carbonyl (C=O) groups excluding carboxylic acids is 2. The summed E-state index contributed by atoms with van der Waals surface area (Å²) in [5.41, 5.74) is 2.94. The number of nitro benzene ring substituents is 1. The highest BCUT2D eigenvalue weighted by atomic mass is 16.6. The Labute approximate surface area is 206 Å². The highest BCUT2D eigenvalue weighted by Gasteiger charge is 2.18. The van der Waals surface area contributed by atoms with Crippen LogP contribution in [-0.2, 0) is 14.3 Å². The second kappa shape index (κ2) is 10.9. The molecule has 2 aromatic carbocycles. The van der Waals surface area contributed by atoms with Crippen molar-refractivity contribution in [1.82, 2.24) is 14.8 Å². The van der Waals surface area contributed by atoms with E-state index in [9.17, 15) is 19.7 Å². The minimum atomic E-state index is -1.13. The molecule has 4 rings (SSSR count). The first-order chi connectivity index (χ1) is 17.4. The number of rotatable bonds is 8. The number of ether oxygens (including phenoxy) is 1. The molecule has 0 spiro atoms. The molecular weight excluding hydrogens is 462 g/mol. The van der Waals surface area contributed by atoms with Crippen LogP contribution in [-0.4, -0.2) is 37.7 Å². The second-order valence-corrected chi connectivity index (χ2v) is 7.66. The zero-order valence-corrected chi connectivity index (χ0v) is 19.1. The predicted molar refractivity (Wildman–Crippen MR) is 133 cm³/mol. The van der Waals surface area contributed by atoms with Crippen molar-refractivity contribution in [3.63, 3.8) is 0 Å². The molecule has 0 unspecified atom stereocenters.